The van der Waals surface area contributed by atoms with Crippen LogP contribution in [0.15, 0.2) is 24.4 Å². The summed E-state index contributed by atoms with van der Waals surface area (Å²) in [6.07, 6.45) is 3.88. The molecule has 0 radical (unpaired) electrons. The second-order valence-electron chi connectivity index (χ2n) is 4.88. The van der Waals surface area contributed by atoms with Crippen molar-refractivity contribution in [2.45, 2.75) is 18.9 Å². The molecule has 2 aromatic heterocycles. The Morgan fingerprint density at radius 2 is 2.05 bits per heavy atom. The molecule has 5 heteroatoms. The second-order valence-corrected chi connectivity index (χ2v) is 4.88. The lowest BCUT2D eigenvalue weighted by molar-refractivity contribution is 0.399. The molecule has 100 valence electrons. The van der Waals surface area contributed by atoms with Crippen LogP contribution < -0.4 is 15.4 Å². The number of pyridine rings is 2. The Bertz CT molecular complexity index is 579. The maximum absolute atomic E-state index is 5.96. The van der Waals surface area contributed by atoms with Crippen LogP contribution in [0.4, 0.5) is 5.69 Å². The molecule has 19 heavy (non-hydrogen) atoms. The van der Waals surface area contributed by atoms with E-state index in [0.29, 0.717) is 11.9 Å². The number of ether oxygens (including phenoxy) is 1. The van der Waals surface area contributed by atoms with Gasteiger partial charge in [0.2, 0.25) is 5.88 Å². The van der Waals surface area contributed by atoms with Crippen LogP contribution in [0.3, 0.4) is 0 Å². The average molecular weight is 258 g/mol. The summed E-state index contributed by atoms with van der Waals surface area (Å²) < 4.78 is 5.20. The van der Waals surface area contributed by atoms with Gasteiger partial charge in [0.05, 0.1) is 18.3 Å². The lowest BCUT2D eigenvalue weighted by Gasteiger charge is -2.32. The minimum Gasteiger partial charge on any atom is -0.481 e. The van der Waals surface area contributed by atoms with Crippen molar-refractivity contribution in [2.75, 3.05) is 25.1 Å². The fourth-order valence-electron chi connectivity index (χ4n) is 2.50. The number of rotatable bonds is 2. The molecule has 1 saturated heterocycles. The van der Waals surface area contributed by atoms with Crippen molar-refractivity contribution in [3.63, 3.8) is 0 Å². The van der Waals surface area contributed by atoms with E-state index in [-0.39, 0.29) is 0 Å². The first kappa shape index (κ1) is 12.2. The standard InChI is InChI=1S/C14H18N4O/c1-19-13-3-2-11-14(17-13)12(4-7-16-11)18-8-5-10(15)6-9-18/h2-4,7,10H,5-6,8-9,15H2,1H3. The van der Waals surface area contributed by atoms with E-state index < -0.39 is 0 Å². The van der Waals surface area contributed by atoms with Crippen LogP contribution in [-0.2, 0) is 0 Å². The number of fused-ring (bicyclic) bond motifs is 1. The van der Waals surface area contributed by atoms with Crippen LogP contribution in [0, 0.1) is 0 Å². The van der Waals surface area contributed by atoms with E-state index in [9.17, 15) is 0 Å². The highest BCUT2D eigenvalue weighted by Crippen LogP contribution is 2.27. The van der Waals surface area contributed by atoms with Gasteiger partial charge in [-0.15, -0.1) is 0 Å². The molecule has 0 amide bonds. The topological polar surface area (TPSA) is 64.3 Å². The third-order valence-electron chi connectivity index (χ3n) is 3.63. The molecular weight excluding hydrogens is 240 g/mol. The molecule has 0 spiro atoms. The predicted octanol–water partition coefficient (Wildman–Crippen LogP) is 1.57. The Labute approximate surface area is 112 Å². The van der Waals surface area contributed by atoms with E-state index in [4.69, 9.17) is 10.5 Å². The largest absolute Gasteiger partial charge is 0.481 e. The van der Waals surface area contributed by atoms with Gasteiger partial charge in [-0.3, -0.25) is 4.98 Å². The van der Waals surface area contributed by atoms with Crippen LogP contribution in [0.1, 0.15) is 12.8 Å². The maximum atomic E-state index is 5.96. The van der Waals surface area contributed by atoms with Gasteiger partial charge < -0.3 is 15.4 Å². The van der Waals surface area contributed by atoms with Crippen molar-refractivity contribution < 1.29 is 4.74 Å². The van der Waals surface area contributed by atoms with E-state index in [1.807, 2.05) is 24.4 Å². The van der Waals surface area contributed by atoms with Crippen LogP contribution in [0.25, 0.3) is 11.0 Å². The Hall–Kier alpha value is -1.88. The molecular formula is C14H18N4O. The molecule has 0 saturated carbocycles. The van der Waals surface area contributed by atoms with E-state index in [1.165, 1.54) is 0 Å². The highest BCUT2D eigenvalue weighted by Gasteiger charge is 2.18. The molecule has 0 unspecified atom stereocenters. The van der Waals surface area contributed by atoms with Gasteiger partial charge in [-0.25, -0.2) is 4.98 Å². The van der Waals surface area contributed by atoms with Crippen molar-refractivity contribution in [1.82, 2.24) is 9.97 Å². The first-order chi connectivity index (χ1) is 9.28. The van der Waals surface area contributed by atoms with Gasteiger partial charge in [0.15, 0.2) is 0 Å². The van der Waals surface area contributed by atoms with Gasteiger partial charge in [0.25, 0.3) is 0 Å². The highest BCUT2D eigenvalue weighted by molar-refractivity contribution is 5.88. The monoisotopic (exact) mass is 258 g/mol. The molecule has 3 rings (SSSR count). The number of nitrogens with two attached hydrogens (primary N) is 1. The number of anilines is 1. The average Bonchev–Trinajstić information content (AvgIpc) is 2.47. The minimum atomic E-state index is 0.326. The van der Waals surface area contributed by atoms with E-state index in [0.717, 1.165) is 42.7 Å². The third-order valence-corrected chi connectivity index (χ3v) is 3.63. The lowest BCUT2D eigenvalue weighted by Crippen LogP contribution is -2.39. The van der Waals surface area contributed by atoms with Crippen molar-refractivity contribution in [1.29, 1.82) is 0 Å². The fraction of sp³-hybridized carbons (Fsp3) is 0.429. The summed E-state index contributed by atoms with van der Waals surface area (Å²) in [5.41, 5.74) is 8.88. The Balaban J connectivity index is 2.02. The molecule has 0 aromatic carbocycles. The zero-order valence-electron chi connectivity index (χ0n) is 11.0. The molecule has 2 aromatic rings. The fourth-order valence-corrected chi connectivity index (χ4v) is 2.50. The SMILES string of the molecule is COc1ccc2nccc(N3CCC(N)CC3)c2n1. The molecule has 0 bridgehead atoms. The molecule has 0 aliphatic carbocycles. The van der Waals surface area contributed by atoms with E-state index in [1.54, 1.807) is 7.11 Å². The number of hydrogen-bond acceptors (Lipinski definition) is 5. The third kappa shape index (κ3) is 2.33. The summed E-state index contributed by atoms with van der Waals surface area (Å²) >= 11 is 0. The quantitative estimate of drug-likeness (QED) is 0.885. The van der Waals surface area contributed by atoms with Crippen LogP contribution >= 0.6 is 0 Å². The van der Waals surface area contributed by atoms with Crippen molar-refractivity contribution in [2.24, 2.45) is 5.73 Å². The minimum absolute atomic E-state index is 0.326. The molecule has 1 fully saturated rings. The molecule has 1 aliphatic heterocycles. The first-order valence-corrected chi connectivity index (χ1v) is 6.58. The first-order valence-electron chi connectivity index (χ1n) is 6.58. The maximum Gasteiger partial charge on any atom is 0.213 e. The number of hydrogen-bond donors (Lipinski definition) is 1. The molecule has 2 N–H and O–H groups in total. The molecule has 3 heterocycles. The summed E-state index contributed by atoms with van der Waals surface area (Å²) in [5.74, 6) is 0.621. The Morgan fingerprint density at radius 3 is 2.79 bits per heavy atom. The van der Waals surface area contributed by atoms with Crippen molar-refractivity contribution in [3.8, 4) is 5.88 Å². The Morgan fingerprint density at radius 1 is 1.26 bits per heavy atom. The summed E-state index contributed by atoms with van der Waals surface area (Å²) in [7, 11) is 1.63. The van der Waals surface area contributed by atoms with Gasteiger partial charge in [0.1, 0.15) is 5.52 Å². The van der Waals surface area contributed by atoms with Crippen molar-refractivity contribution >= 4 is 16.7 Å². The van der Waals surface area contributed by atoms with Gasteiger partial charge >= 0.3 is 0 Å². The van der Waals surface area contributed by atoms with E-state index >= 15 is 0 Å². The second kappa shape index (κ2) is 5.01. The molecule has 0 atom stereocenters. The summed E-state index contributed by atoms with van der Waals surface area (Å²) in [4.78, 5) is 11.2. The smallest absolute Gasteiger partial charge is 0.213 e. The van der Waals surface area contributed by atoms with Gasteiger partial charge in [0, 0.05) is 31.4 Å². The summed E-state index contributed by atoms with van der Waals surface area (Å²) in [6, 6.07) is 6.13. The Kier molecular flexibility index (Phi) is 3.21. The normalized spacial score (nSPS) is 16.8. The van der Waals surface area contributed by atoms with Crippen LogP contribution in [0.5, 0.6) is 5.88 Å². The van der Waals surface area contributed by atoms with Crippen LogP contribution in [0.2, 0.25) is 0 Å². The van der Waals surface area contributed by atoms with Gasteiger partial charge in [-0.1, -0.05) is 0 Å². The van der Waals surface area contributed by atoms with Gasteiger partial charge in [-0.2, -0.15) is 0 Å². The molecule has 1 aliphatic rings. The summed E-state index contributed by atoms with van der Waals surface area (Å²) in [6.45, 7) is 1.94. The predicted molar refractivity (Wildman–Crippen MR) is 75.5 cm³/mol. The van der Waals surface area contributed by atoms with Crippen LogP contribution in [-0.4, -0.2) is 36.2 Å². The lowest BCUT2D eigenvalue weighted by atomic mass is 10.1. The number of aromatic nitrogens is 2. The van der Waals surface area contributed by atoms with Gasteiger partial charge in [-0.05, 0) is 25.0 Å². The number of nitrogens with zero attached hydrogens (tertiary/aromatic N) is 3. The zero-order chi connectivity index (χ0) is 13.2. The number of methoxy groups -OCH3 is 1. The zero-order valence-corrected chi connectivity index (χ0v) is 11.0. The number of piperidine rings is 1. The van der Waals surface area contributed by atoms with Crippen molar-refractivity contribution in [3.05, 3.63) is 24.4 Å². The summed E-state index contributed by atoms with van der Waals surface area (Å²) in [5, 5.41) is 0. The van der Waals surface area contributed by atoms with E-state index in [2.05, 4.69) is 14.9 Å². The molecule has 5 nitrogen and oxygen atoms in total. The highest BCUT2D eigenvalue weighted by atomic mass is 16.5.